The number of carboxylic acid groups (broad SMARTS) is 1. The van der Waals surface area contributed by atoms with Crippen LogP contribution < -0.4 is 0 Å². The Morgan fingerprint density at radius 3 is 2.89 bits per heavy atom. The van der Waals surface area contributed by atoms with Gasteiger partial charge in [0.25, 0.3) is 0 Å². The van der Waals surface area contributed by atoms with Crippen molar-refractivity contribution in [2.75, 3.05) is 0 Å². The predicted molar refractivity (Wildman–Crippen MR) is 68.9 cm³/mol. The molecule has 19 heavy (non-hydrogen) atoms. The van der Waals surface area contributed by atoms with Gasteiger partial charge in [-0.05, 0) is 19.1 Å². The molecule has 0 radical (unpaired) electrons. The van der Waals surface area contributed by atoms with Crippen molar-refractivity contribution in [3.05, 3.63) is 34.7 Å². The summed E-state index contributed by atoms with van der Waals surface area (Å²) in [6.07, 6.45) is 0. The average molecular weight is 277 g/mol. The molecule has 0 saturated heterocycles. The van der Waals surface area contributed by atoms with E-state index in [-0.39, 0.29) is 11.1 Å². The van der Waals surface area contributed by atoms with Crippen molar-refractivity contribution >= 4 is 28.3 Å². The zero-order valence-electron chi connectivity index (χ0n) is 9.77. The quantitative estimate of drug-likeness (QED) is 0.755. The van der Waals surface area contributed by atoms with E-state index >= 15 is 0 Å². The van der Waals surface area contributed by atoms with E-state index in [0.29, 0.717) is 11.3 Å². The van der Waals surface area contributed by atoms with Crippen molar-refractivity contribution in [2.24, 2.45) is 0 Å². The first-order valence-electron chi connectivity index (χ1n) is 5.39. The molecule has 0 aliphatic heterocycles. The lowest BCUT2D eigenvalue weighted by Crippen LogP contribution is -1.98. The molecule has 2 heterocycles. The summed E-state index contributed by atoms with van der Waals surface area (Å²) in [4.78, 5) is 23.2. The van der Waals surface area contributed by atoms with E-state index in [1.165, 1.54) is 17.4 Å². The van der Waals surface area contributed by atoms with Crippen LogP contribution in [0.25, 0.3) is 21.7 Å². The summed E-state index contributed by atoms with van der Waals surface area (Å²) >= 11 is 1.39. The highest BCUT2D eigenvalue weighted by Gasteiger charge is 2.17. The van der Waals surface area contributed by atoms with Crippen molar-refractivity contribution in [2.45, 2.75) is 6.92 Å². The number of fused-ring (bicyclic) bond motifs is 1. The van der Waals surface area contributed by atoms with Gasteiger partial charge in [-0.15, -0.1) is 11.3 Å². The Morgan fingerprint density at radius 2 is 2.26 bits per heavy atom. The van der Waals surface area contributed by atoms with Gasteiger partial charge in [0, 0.05) is 0 Å². The maximum Gasteiger partial charge on any atom is 0.338 e. The van der Waals surface area contributed by atoms with Crippen LogP contribution in [0.4, 0.5) is 4.39 Å². The molecule has 5 nitrogen and oxygen atoms in total. The third-order valence-electron chi connectivity index (χ3n) is 2.74. The summed E-state index contributed by atoms with van der Waals surface area (Å²) in [5.74, 6) is -1.31. The molecule has 3 rings (SSSR count). The summed E-state index contributed by atoms with van der Waals surface area (Å²) in [6, 6.07) is 2.20. The maximum atomic E-state index is 13.4. The van der Waals surface area contributed by atoms with Crippen LogP contribution in [0.1, 0.15) is 16.1 Å². The third kappa shape index (κ3) is 1.88. The molecule has 0 amide bonds. The standard InChI is InChI=1S/C12H8FN3O2S/c1-5-10(19-4-14-5)11-15-8-3-6(13)2-7(12(17)18)9(8)16-11/h2-4H,1H3,(H,15,16)(H,17,18). The van der Waals surface area contributed by atoms with Gasteiger partial charge in [-0.25, -0.2) is 19.2 Å². The number of benzene rings is 1. The first-order valence-corrected chi connectivity index (χ1v) is 6.27. The van der Waals surface area contributed by atoms with E-state index < -0.39 is 11.8 Å². The molecular weight excluding hydrogens is 269 g/mol. The first kappa shape index (κ1) is 11.8. The van der Waals surface area contributed by atoms with Crippen LogP contribution in [0, 0.1) is 12.7 Å². The highest BCUT2D eigenvalue weighted by atomic mass is 32.1. The van der Waals surface area contributed by atoms with Gasteiger partial charge in [-0.3, -0.25) is 0 Å². The second-order valence-corrected chi connectivity index (χ2v) is 4.86. The number of aromatic amines is 1. The monoisotopic (exact) mass is 277 g/mol. The molecule has 0 unspecified atom stereocenters. The molecule has 0 aliphatic rings. The van der Waals surface area contributed by atoms with Gasteiger partial charge in [0.1, 0.15) is 11.3 Å². The number of H-pyrrole nitrogens is 1. The Morgan fingerprint density at radius 1 is 1.47 bits per heavy atom. The molecule has 3 aromatic rings. The largest absolute Gasteiger partial charge is 0.478 e. The summed E-state index contributed by atoms with van der Waals surface area (Å²) in [6.45, 7) is 1.83. The maximum absolute atomic E-state index is 13.4. The zero-order chi connectivity index (χ0) is 13.6. The van der Waals surface area contributed by atoms with Crippen LogP contribution in [-0.4, -0.2) is 26.0 Å². The molecule has 1 aromatic carbocycles. The molecule has 0 bridgehead atoms. The van der Waals surface area contributed by atoms with Gasteiger partial charge < -0.3 is 10.1 Å². The van der Waals surface area contributed by atoms with Crippen LogP contribution in [0.15, 0.2) is 17.6 Å². The van der Waals surface area contributed by atoms with Crippen molar-refractivity contribution < 1.29 is 14.3 Å². The van der Waals surface area contributed by atoms with Crippen molar-refractivity contribution in [1.82, 2.24) is 15.0 Å². The van der Waals surface area contributed by atoms with Crippen molar-refractivity contribution in [3.8, 4) is 10.7 Å². The highest BCUT2D eigenvalue weighted by Crippen LogP contribution is 2.28. The summed E-state index contributed by atoms with van der Waals surface area (Å²) in [5.41, 5.74) is 2.93. The fourth-order valence-corrected chi connectivity index (χ4v) is 2.63. The van der Waals surface area contributed by atoms with Crippen LogP contribution >= 0.6 is 11.3 Å². The van der Waals surface area contributed by atoms with Crippen LogP contribution in [0.5, 0.6) is 0 Å². The minimum atomic E-state index is -1.21. The van der Waals surface area contributed by atoms with Gasteiger partial charge in [0.15, 0.2) is 5.82 Å². The molecule has 0 atom stereocenters. The topological polar surface area (TPSA) is 78.9 Å². The fourth-order valence-electron chi connectivity index (χ4n) is 1.88. The fraction of sp³-hybridized carbons (Fsp3) is 0.0833. The number of nitrogens with zero attached hydrogens (tertiary/aromatic N) is 2. The van der Waals surface area contributed by atoms with Crippen molar-refractivity contribution in [1.29, 1.82) is 0 Å². The van der Waals surface area contributed by atoms with Crippen molar-refractivity contribution in [3.63, 3.8) is 0 Å². The Kier molecular flexibility index (Phi) is 2.56. The molecule has 2 N–H and O–H groups in total. The molecule has 0 saturated carbocycles. The minimum Gasteiger partial charge on any atom is -0.478 e. The lowest BCUT2D eigenvalue weighted by Gasteiger charge is -1.95. The van der Waals surface area contributed by atoms with E-state index in [2.05, 4.69) is 15.0 Å². The second kappa shape index (κ2) is 4.13. The summed E-state index contributed by atoms with van der Waals surface area (Å²) in [5, 5.41) is 9.07. The molecule has 7 heteroatoms. The number of aromatic nitrogens is 3. The number of hydrogen-bond donors (Lipinski definition) is 2. The molecule has 0 aliphatic carbocycles. The molecule has 2 aromatic heterocycles. The second-order valence-electron chi connectivity index (χ2n) is 4.01. The van der Waals surface area contributed by atoms with E-state index in [9.17, 15) is 9.18 Å². The Hall–Kier alpha value is -2.28. The molecule has 0 spiro atoms. The SMILES string of the molecule is Cc1ncsc1-c1nc2c(C(=O)O)cc(F)cc2[nH]1. The normalized spacial score (nSPS) is 11.1. The van der Waals surface area contributed by atoms with Gasteiger partial charge in [-0.2, -0.15) is 0 Å². The minimum absolute atomic E-state index is 0.153. The Balaban J connectivity index is 2.29. The van der Waals surface area contributed by atoms with Gasteiger partial charge in [0.2, 0.25) is 0 Å². The van der Waals surface area contributed by atoms with Gasteiger partial charge in [0.05, 0.1) is 27.2 Å². The number of rotatable bonds is 2. The highest BCUT2D eigenvalue weighted by molar-refractivity contribution is 7.13. The average Bonchev–Trinajstić information content (AvgIpc) is 2.93. The molecular formula is C12H8FN3O2S. The lowest BCUT2D eigenvalue weighted by molar-refractivity contribution is 0.0698. The smallest absolute Gasteiger partial charge is 0.338 e. The number of carbonyl (C=O) groups is 1. The molecule has 96 valence electrons. The summed E-state index contributed by atoms with van der Waals surface area (Å²) < 4.78 is 13.4. The van der Waals surface area contributed by atoms with E-state index in [0.717, 1.165) is 16.6 Å². The van der Waals surface area contributed by atoms with E-state index in [1.807, 2.05) is 6.92 Å². The van der Waals surface area contributed by atoms with Gasteiger partial charge >= 0.3 is 5.97 Å². The number of hydrogen-bond acceptors (Lipinski definition) is 4. The van der Waals surface area contributed by atoms with Gasteiger partial charge in [-0.1, -0.05) is 0 Å². The van der Waals surface area contributed by atoms with E-state index in [4.69, 9.17) is 5.11 Å². The Bertz CT molecular complexity index is 793. The zero-order valence-corrected chi connectivity index (χ0v) is 10.6. The third-order valence-corrected chi connectivity index (χ3v) is 3.68. The first-order chi connectivity index (χ1) is 9.06. The predicted octanol–water partition coefficient (Wildman–Crippen LogP) is 2.83. The number of aryl methyl sites for hydroxylation is 1. The number of thiazole rings is 1. The number of nitrogens with one attached hydrogen (secondary N) is 1. The number of halogens is 1. The van der Waals surface area contributed by atoms with E-state index in [1.54, 1.807) is 5.51 Å². The molecule has 0 fully saturated rings. The lowest BCUT2D eigenvalue weighted by atomic mass is 10.2. The number of carboxylic acids is 1. The Labute approximate surface area is 110 Å². The van der Waals surface area contributed by atoms with Crippen LogP contribution in [0.2, 0.25) is 0 Å². The van der Waals surface area contributed by atoms with Crippen LogP contribution in [0.3, 0.4) is 0 Å². The number of aromatic carboxylic acids is 1. The summed E-state index contributed by atoms with van der Waals surface area (Å²) in [7, 11) is 0. The number of imidazole rings is 1. The van der Waals surface area contributed by atoms with Crippen LogP contribution in [-0.2, 0) is 0 Å².